The topological polar surface area (TPSA) is 70.6 Å². The lowest BCUT2D eigenvalue weighted by Crippen LogP contribution is -2.51. The minimum atomic E-state index is 0.111. The maximum absolute atomic E-state index is 12.4. The number of likely N-dealkylation sites (tertiary alicyclic amines) is 1. The summed E-state index contributed by atoms with van der Waals surface area (Å²) in [6.45, 7) is 9.34. The maximum atomic E-state index is 12.4. The number of carbonyl (C=O) groups excluding carboxylic acids is 1. The van der Waals surface area contributed by atoms with E-state index in [1.54, 1.807) is 7.11 Å². The van der Waals surface area contributed by atoms with E-state index in [0.29, 0.717) is 19.2 Å². The second kappa shape index (κ2) is 10.2. The molecule has 1 unspecified atom stereocenters. The third-order valence-corrected chi connectivity index (χ3v) is 6.05. The average molecular weight is 390 g/mol. The van der Waals surface area contributed by atoms with Gasteiger partial charge in [-0.2, -0.15) is 0 Å². The van der Waals surface area contributed by atoms with Crippen molar-refractivity contribution in [3.05, 3.63) is 17.6 Å². The van der Waals surface area contributed by atoms with E-state index in [4.69, 9.17) is 9.72 Å². The number of nitrogens with zero attached hydrogens (tertiary/aromatic N) is 4. The molecule has 3 heterocycles. The monoisotopic (exact) mass is 389 g/mol. The molecule has 2 aliphatic rings. The third kappa shape index (κ3) is 5.20. The summed E-state index contributed by atoms with van der Waals surface area (Å²) in [5.41, 5.74) is 1.23. The number of aryl methyl sites for hydroxylation is 2. The van der Waals surface area contributed by atoms with Crippen LogP contribution in [0.2, 0.25) is 0 Å². The highest BCUT2D eigenvalue weighted by atomic mass is 16.5. The van der Waals surface area contributed by atoms with Crippen LogP contribution < -0.4 is 10.2 Å². The number of methoxy groups -OCH3 is 1. The van der Waals surface area contributed by atoms with E-state index >= 15 is 0 Å². The summed E-state index contributed by atoms with van der Waals surface area (Å²) in [6, 6.07) is 0.568. The molecular weight excluding hydrogens is 354 g/mol. The van der Waals surface area contributed by atoms with Crippen LogP contribution in [0, 0.1) is 12.8 Å². The van der Waals surface area contributed by atoms with E-state index < -0.39 is 0 Å². The SMILES string of the molecule is CCc1cnc(C)nc1N1CCC(N2CCCC(C(=O)NCCOC)C2)CC1. The smallest absolute Gasteiger partial charge is 0.224 e. The first-order valence-electron chi connectivity index (χ1n) is 10.7. The molecule has 0 aliphatic carbocycles. The standard InChI is InChI=1S/C21H35N5O2/c1-4-17-14-23-16(2)24-20(17)25-11-7-19(8-12-25)26-10-5-6-18(15-26)21(27)22-9-13-28-3/h14,18-19H,4-13,15H2,1-3H3,(H,22,27). The van der Waals surface area contributed by atoms with Gasteiger partial charge in [0.1, 0.15) is 11.6 Å². The fourth-order valence-electron chi connectivity index (χ4n) is 4.42. The summed E-state index contributed by atoms with van der Waals surface area (Å²) in [7, 11) is 1.66. The van der Waals surface area contributed by atoms with Crippen LogP contribution in [0.3, 0.4) is 0 Å². The van der Waals surface area contributed by atoms with Gasteiger partial charge in [0, 0.05) is 51.1 Å². The number of hydrogen-bond donors (Lipinski definition) is 1. The first-order chi connectivity index (χ1) is 13.6. The van der Waals surface area contributed by atoms with E-state index in [1.165, 1.54) is 5.56 Å². The first-order valence-corrected chi connectivity index (χ1v) is 10.7. The number of piperidine rings is 2. The highest BCUT2D eigenvalue weighted by Crippen LogP contribution is 2.27. The summed E-state index contributed by atoms with van der Waals surface area (Å²) in [4.78, 5) is 26.5. The molecule has 0 aromatic carbocycles. The van der Waals surface area contributed by atoms with E-state index in [2.05, 4.69) is 27.0 Å². The molecular formula is C21H35N5O2. The number of anilines is 1. The van der Waals surface area contributed by atoms with Gasteiger partial charge in [0.25, 0.3) is 0 Å². The van der Waals surface area contributed by atoms with Crippen LogP contribution in [0.4, 0.5) is 5.82 Å². The van der Waals surface area contributed by atoms with Gasteiger partial charge in [0.2, 0.25) is 5.91 Å². The predicted molar refractivity (Wildman–Crippen MR) is 111 cm³/mol. The average Bonchev–Trinajstić information content (AvgIpc) is 2.74. The zero-order chi connectivity index (χ0) is 19.9. The van der Waals surface area contributed by atoms with Gasteiger partial charge in [-0.05, 0) is 45.6 Å². The van der Waals surface area contributed by atoms with Crippen LogP contribution in [-0.4, -0.2) is 73.3 Å². The Kier molecular flexibility index (Phi) is 7.62. The Morgan fingerprint density at radius 2 is 2.07 bits per heavy atom. The zero-order valence-corrected chi connectivity index (χ0v) is 17.6. The van der Waals surface area contributed by atoms with Crippen LogP contribution in [0.15, 0.2) is 6.20 Å². The Bertz CT molecular complexity index is 646. The fourth-order valence-corrected chi connectivity index (χ4v) is 4.42. The highest BCUT2D eigenvalue weighted by Gasteiger charge is 2.32. The fraction of sp³-hybridized carbons (Fsp3) is 0.762. The molecule has 0 bridgehead atoms. The van der Waals surface area contributed by atoms with Crippen molar-refractivity contribution in [2.45, 2.75) is 52.0 Å². The van der Waals surface area contributed by atoms with E-state index in [1.807, 2.05) is 13.1 Å². The predicted octanol–water partition coefficient (Wildman–Crippen LogP) is 1.79. The van der Waals surface area contributed by atoms with Crippen molar-refractivity contribution in [3.63, 3.8) is 0 Å². The van der Waals surface area contributed by atoms with Crippen LogP contribution in [-0.2, 0) is 16.0 Å². The molecule has 7 heteroatoms. The molecule has 0 saturated carbocycles. The summed E-state index contributed by atoms with van der Waals surface area (Å²) in [5, 5.41) is 3.01. The maximum Gasteiger partial charge on any atom is 0.224 e. The molecule has 0 radical (unpaired) electrons. The van der Waals surface area contributed by atoms with Gasteiger partial charge >= 0.3 is 0 Å². The minimum Gasteiger partial charge on any atom is -0.383 e. The normalized spacial score (nSPS) is 21.7. The van der Waals surface area contributed by atoms with Gasteiger partial charge in [-0.1, -0.05) is 6.92 Å². The van der Waals surface area contributed by atoms with Gasteiger partial charge in [-0.3, -0.25) is 9.69 Å². The quantitative estimate of drug-likeness (QED) is 0.717. The summed E-state index contributed by atoms with van der Waals surface area (Å²) in [5.74, 6) is 2.25. The molecule has 2 fully saturated rings. The van der Waals surface area contributed by atoms with Crippen LogP contribution in [0.5, 0.6) is 0 Å². The molecule has 2 saturated heterocycles. The van der Waals surface area contributed by atoms with Crippen molar-refractivity contribution in [2.75, 3.05) is 51.3 Å². The lowest BCUT2D eigenvalue weighted by molar-refractivity contribution is -0.127. The minimum absolute atomic E-state index is 0.111. The number of aromatic nitrogens is 2. The van der Waals surface area contributed by atoms with Crippen LogP contribution in [0.25, 0.3) is 0 Å². The number of hydrogen-bond acceptors (Lipinski definition) is 6. The lowest BCUT2D eigenvalue weighted by atomic mass is 9.93. The number of carbonyl (C=O) groups is 1. The summed E-state index contributed by atoms with van der Waals surface area (Å²) >= 11 is 0. The molecule has 1 aromatic heterocycles. The Morgan fingerprint density at radius 3 is 2.79 bits per heavy atom. The molecule has 1 amide bonds. The molecule has 3 rings (SSSR count). The van der Waals surface area contributed by atoms with Crippen molar-refractivity contribution in [3.8, 4) is 0 Å². The molecule has 1 atom stereocenters. The Balaban J connectivity index is 1.53. The third-order valence-electron chi connectivity index (χ3n) is 6.05. The largest absolute Gasteiger partial charge is 0.383 e. The summed E-state index contributed by atoms with van der Waals surface area (Å²) < 4.78 is 5.03. The van der Waals surface area contributed by atoms with Gasteiger partial charge in [0.05, 0.1) is 12.5 Å². The Labute approximate surface area is 168 Å². The van der Waals surface area contributed by atoms with Crippen molar-refractivity contribution in [1.82, 2.24) is 20.2 Å². The zero-order valence-electron chi connectivity index (χ0n) is 17.6. The molecule has 2 aliphatic heterocycles. The Hall–Kier alpha value is -1.73. The number of nitrogens with one attached hydrogen (secondary N) is 1. The van der Waals surface area contributed by atoms with Gasteiger partial charge < -0.3 is 15.0 Å². The second-order valence-electron chi connectivity index (χ2n) is 7.96. The van der Waals surface area contributed by atoms with Crippen molar-refractivity contribution in [1.29, 1.82) is 0 Å². The molecule has 1 N–H and O–H groups in total. The van der Waals surface area contributed by atoms with Gasteiger partial charge in [-0.25, -0.2) is 9.97 Å². The lowest BCUT2D eigenvalue weighted by Gasteiger charge is -2.42. The number of ether oxygens (including phenoxy) is 1. The second-order valence-corrected chi connectivity index (χ2v) is 7.96. The number of amides is 1. The molecule has 7 nitrogen and oxygen atoms in total. The van der Waals surface area contributed by atoms with Gasteiger partial charge in [0.15, 0.2) is 0 Å². The van der Waals surface area contributed by atoms with Crippen molar-refractivity contribution in [2.24, 2.45) is 5.92 Å². The summed E-state index contributed by atoms with van der Waals surface area (Å²) in [6.07, 6.45) is 7.29. The van der Waals surface area contributed by atoms with Crippen molar-refractivity contribution < 1.29 is 9.53 Å². The van der Waals surface area contributed by atoms with Crippen LogP contribution >= 0.6 is 0 Å². The molecule has 156 valence electrons. The Morgan fingerprint density at radius 1 is 1.29 bits per heavy atom. The molecule has 0 spiro atoms. The van der Waals surface area contributed by atoms with Crippen LogP contribution in [0.1, 0.15) is 44.0 Å². The van der Waals surface area contributed by atoms with E-state index in [-0.39, 0.29) is 11.8 Å². The van der Waals surface area contributed by atoms with Gasteiger partial charge in [-0.15, -0.1) is 0 Å². The number of rotatable bonds is 7. The molecule has 1 aromatic rings. The highest BCUT2D eigenvalue weighted by molar-refractivity contribution is 5.78. The molecule has 28 heavy (non-hydrogen) atoms. The van der Waals surface area contributed by atoms with E-state index in [0.717, 1.165) is 69.9 Å². The van der Waals surface area contributed by atoms with Crippen molar-refractivity contribution >= 4 is 11.7 Å². The first kappa shape index (κ1) is 21.0. The van der Waals surface area contributed by atoms with E-state index in [9.17, 15) is 4.79 Å².